The van der Waals surface area contributed by atoms with E-state index in [1.165, 1.54) is 16.8 Å². The number of fused-ring (bicyclic) bond motifs is 1. The first kappa shape index (κ1) is 21.7. The van der Waals surface area contributed by atoms with Crippen LogP contribution >= 0.6 is 35.0 Å². The Morgan fingerprint density at radius 1 is 1.06 bits per heavy atom. The number of nitrogens with one attached hydrogen (secondary N) is 1. The van der Waals surface area contributed by atoms with Crippen LogP contribution in [-0.4, -0.2) is 31.5 Å². The number of aliphatic imine (C=N–C) groups is 1. The van der Waals surface area contributed by atoms with Gasteiger partial charge in [0.1, 0.15) is 5.04 Å². The predicted molar refractivity (Wildman–Crippen MR) is 136 cm³/mol. The number of nitrogens with zero attached hydrogens (tertiary/aromatic N) is 4. The van der Waals surface area contributed by atoms with Gasteiger partial charge in [0.05, 0.1) is 21.3 Å². The number of amides is 1. The van der Waals surface area contributed by atoms with Crippen LogP contribution in [-0.2, 0) is 4.79 Å². The molecule has 6 nitrogen and oxygen atoms in total. The number of benzene rings is 2. The molecule has 2 aliphatic rings. The Morgan fingerprint density at radius 2 is 1.82 bits per heavy atom. The second-order valence-corrected chi connectivity index (χ2v) is 9.27. The number of carbonyl (C=O) groups is 1. The predicted octanol–water partition coefficient (Wildman–Crippen LogP) is 6.07. The monoisotopic (exact) mass is 493 g/mol. The number of aryl methyl sites for hydroxylation is 1. The number of thioether (sulfide) groups is 1. The fourth-order valence-electron chi connectivity index (χ4n) is 3.81. The summed E-state index contributed by atoms with van der Waals surface area (Å²) in [6, 6.07) is 17.0. The third-order valence-electron chi connectivity index (χ3n) is 5.42. The molecule has 0 radical (unpaired) electrons. The van der Waals surface area contributed by atoms with Crippen LogP contribution in [0.4, 0.5) is 0 Å². The highest BCUT2D eigenvalue weighted by atomic mass is 35.5. The molecule has 0 unspecified atom stereocenters. The Kier molecular flexibility index (Phi) is 5.48. The first-order valence-electron chi connectivity index (χ1n) is 10.0. The fraction of sp³-hybridized carbons (Fsp3) is 0.0833. The number of hydrogen-bond acceptors (Lipinski definition) is 4. The molecule has 9 heteroatoms. The van der Waals surface area contributed by atoms with Gasteiger partial charge < -0.3 is 4.57 Å². The summed E-state index contributed by atoms with van der Waals surface area (Å²) in [5.74, 6) is -0.470. The van der Waals surface area contributed by atoms with Crippen molar-refractivity contribution in [2.75, 3.05) is 0 Å². The summed E-state index contributed by atoms with van der Waals surface area (Å²) < 4.78 is 1.98. The third kappa shape index (κ3) is 3.72. The van der Waals surface area contributed by atoms with Crippen LogP contribution in [0.25, 0.3) is 11.8 Å². The standard InChI is InChI=1S/C24H17Cl2N5OS/c1-13-11-16(14(2)30(13)19-10-6-9-18(25)20(19)26)12-17-21(27)31-24(28-22(17)32)33-23(29-31)15-7-4-3-5-8-15/h3-12,27H,1-2H3/b17-12+,27-21?. The van der Waals surface area contributed by atoms with E-state index in [1.807, 2.05) is 66.9 Å². The molecule has 0 saturated carbocycles. The first-order valence-corrected chi connectivity index (χ1v) is 11.6. The molecule has 1 amide bonds. The smallest absolute Gasteiger partial charge is 0.283 e. The molecule has 0 aliphatic carbocycles. The molecule has 0 spiro atoms. The van der Waals surface area contributed by atoms with Gasteiger partial charge in [0.15, 0.2) is 5.84 Å². The van der Waals surface area contributed by atoms with Crippen molar-refractivity contribution in [2.24, 2.45) is 10.1 Å². The molecule has 33 heavy (non-hydrogen) atoms. The van der Waals surface area contributed by atoms with E-state index in [2.05, 4.69) is 10.1 Å². The zero-order valence-electron chi connectivity index (χ0n) is 17.6. The van der Waals surface area contributed by atoms with E-state index in [9.17, 15) is 4.79 Å². The van der Waals surface area contributed by atoms with Crippen LogP contribution in [0.2, 0.25) is 10.0 Å². The molecule has 5 rings (SSSR count). The second-order valence-electron chi connectivity index (χ2n) is 7.53. The zero-order chi connectivity index (χ0) is 23.3. The lowest BCUT2D eigenvalue weighted by molar-refractivity contribution is -0.114. The Bertz CT molecular complexity index is 1420. The van der Waals surface area contributed by atoms with Crippen LogP contribution in [0.1, 0.15) is 22.5 Å². The minimum Gasteiger partial charge on any atom is -0.316 e. The Balaban J connectivity index is 1.54. The van der Waals surface area contributed by atoms with Gasteiger partial charge in [-0.05, 0) is 55.4 Å². The van der Waals surface area contributed by atoms with Crippen molar-refractivity contribution in [3.63, 3.8) is 0 Å². The molecule has 1 N–H and O–H groups in total. The van der Waals surface area contributed by atoms with Gasteiger partial charge in [-0.25, -0.2) is 0 Å². The Morgan fingerprint density at radius 3 is 2.58 bits per heavy atom. The SMILES string of the molecule is Cc1cc(/C=C2\C(=N)N3N=C(c4ccccc4)SC3=NC2=O)c(C)n1-c1cccc(Cl)c1Cl. The summed E-state index contributed by atoms with van der Waals surface area (Å²) >= 11 is 13.9. The average molecular weight is 494 g/mol. The van der Waals surface area contributed by atoms with Crippen molar-refractivity contribution < 1.29 is 4.79 Å². The molecule has 3 heterocycles. The van der Waals surface area contributed by atoms with Gasteiger partial charge in [-0.3, -0.25) is 10.2 Å². The molecule has 2 aromatic carbocycles. The van der Waals surface area contributed by atoms with E-state index in [0.717, 1.165) is 28.2 Å². The van der Waals surface area contributed by atoms with Crippen LogP contribution in [0, 0.1) is 19.3 Å². The number of hydrogen-bond donors (Lipinski definition) is 1. The summed E-state index contributed by atoms with van der Waals surface area (Å²) in [7, 11) is 0. The van der Waals surface area contributed by atoms with Gasteiger partial charge in [-0.15, -0.1) is 0 Å². The minimum absolute atomic E-state index is 0.00554. The van der Waals surface area contributed by atoms with E-state index in [4.69, 9.17) is 28.6 Å². The maximum absolute atomic E-state index is 12.8. The Labute approximate surface area is 204 Å². The largest absolute Gasteiger partial charge is 0.316 e. The summed E-state index contributed by atoms with van der Waals surface area (Å²) in [6.45, 7) is 3.88. The van der Waals surface area contributed by atoms with Gasteiger partial charge in [0.2, 0.25) is 5.17 Å². The van der Waals surface area contributed by atoms with Crippen molar-refractivity contribution in [2.45, 2.75) is 13.8 Å². The highest BCUT2D eigenvalue weighted by molar-refractivity contribution is 8.27. The van der Waals surface area contributed by atoms with Crippen molar-refractivity contribution in [1.29, 1.82) is 5.41 Å². The van der Waals surface area contributed by atoms with E-state index in [1.54, 1.807) is 12.1 Å². The highest BCUT2D eigenvalue weighted by Gasteiger charge is 2.36. The molecular weight excluding hydrogens is 477 g/mol. The molecule has 164 valence electrons. The van der Waals surface area contributed by atoms with E-state index in [0.29, 0.717) is 20.3 Å². The van der Waals surface area contributed by atoms with Gasteiger partial charge in [-0.1, -0.05) is 59.6 Å². The maximum Gasteiger partial charge on any atom is 0.283 e. The minimum atomic E-state index is -0.464. The van der Waals surface area contributed by atoms with Gasteiger partial charge in [0.25, 0.3) is 5.91 Å². The number of rotatable bonds is 3. The molecule has 0 bridgehead atoms. The van der Waals surface area contributed by atoms with Crippen LogP contribution in [0.15, 0.2) is 70.3 Å². The second kappa shape index (κ2) is 8.33. The number of aromatic nitrogens is 1. The summed E-state index contributed by atoms with van der Waals surface area (Å²) in [4.78, 5) is 17.0. The highest BCUT2D eigenvalue weighted by Crippen LogP contribution is 2.34. The number of carbonyl (C=O) groups excluding carboxylic acids is 1. The van der Waals surface area contributed by atoms with E-state index in [-0.39, 0.29) is 11.4 Å². The summed E-state index contributed by atoms with van der Waals surface area (Å²) in [5, 5.41) is 16.6. The normalized spacial score (nSPS) is 16.8. The van der Waals surface area contributed by atoms with E-state index >= 15 is 0 Å². The molecule has 1 aromatic heterocycles. The summed E-state index contributed by atoms with van der Waals surface area (Å²) in [5.41, 5.74) is 4.41. The molecule has 0 fully saturated rings. The molecule has 0 saturated heterocycles. The van der Waals surface area contributed by atoms with Gasteiger partial charge in [0, 0.05) is 17.0 Å². The number of amidine groups is 2. The lowest BCUT2D eigenvalue weighted by Crippen LogP contribution is -2.35. The molecule has 3 aromatic rings. The molecular formula is C24H17Cl2N5OS. The van der Waals surface area contributed by atoms with Crippen molar-refractivity contribution in [3.05, 3.63) is 92.7 Å². The average Bonchev–Trinajstić information content (AvgIpc) is 3.34. The van der Waals surface area contributed by atoms with E-state index < -0.39 is 5.91 Å². The van der Waals surface area contributed by atoms with Crippen LogP contribution in [0.5, 0.6) is 0 Å². The first-order chi connectivity index (χ1) is 15.8. The van der Waals surface area contributed by atoms with Crippen LogP contribution < -0.4 is 0 Å². The number of hydrazone groups is 1. The Hall–Kier alpha value is -3.13. The zero-order valence-corrected chi connectivity index (χ0v) is 20.0. The molecule has 0 atom stereocenters. The van der Waals surface area contributed by atoms with Crippen molar-refractivity contribution in [1.82, 2.24) is 9.58 Å². The van der Waals surface area contributed by atoms with Gasteiger partial charge >= 0.3 is 0 Å². The third-order valence-corrected chi connectivity index (χ3v) is 7.18. The lowest BCUT2D eigenvalue weighted by Gasteiger charge is -2.20. The van der Waals surface area contributed by atoms with Crippen LogP contribution in [0.3, 0.4) is 0 Å². The van der Waals surface area contributed by atoms with Crippen molar-refractivity contribution >= 4 is 63.0 Å². The summed E-state index contributed by atoms with van der Waals surface area (Å²) in [6.07, 6.45) is 1.68. The number of halogens is 2. The fourth-order valence-corrected chi connectivity index (χ4v) is 5.09. The lowest BCUT2D eigenvalue weighted by atomic mass is 10.1. The maximum atomic E-state index is 12.8. The van der Waals surface area contributed by atoms with Gasteiger partial charge in [-0.2, -0.15) is 15.1 Å². The quantitative estimate of drug-likeness (QED) is 0.450. The molecule has 2 aliphatic heterocycles. The van der Waals surface area contributed by atoms with Crippen molar-refractivity contribution in [3.8, 4) is 5.69 Å². The topological polar surface area (TPSA) is 73.8 Å².